The van der Waals surface area contributed by atoms with E-state index in [4.69, 9.17) is 4.74 Å². The van der Waals surface area contributed by atoms with Crippen molar-refractivity contribution >= 4 is 12.0 Å². The van der Waals surface area contributed by atoms with Gasteiger partial charge in [0.1, 0.15) is 6.29 Å². The molecule has 2 atom stereocenters. The maximum Gasteiger partial charge on any atom is 0.150 e. The predicted molar refractivity (Wildman–Crippen MR) is 70.2 cm³/mol. The minimum atomic E-state index is -0.133. The number of carbonyl (C=O) groups is 1. The number of anilines is 1. The molecule has 1 fully saturated rings. The highest BCUT2D eigenvalue weighted by atomic mass is 16.5. The number of hydrogen-bond donors (Lipinski definition) is 1. The van der Waals surface area contributed by atoms with Gasteiger partial charge in [-0.05, 0) is 37.6 Å². The maximum absolute atomic E-state index is 10.7. The Bertz CT molecular complexity index is 433. The third-order valence-electron chi connectivity index (χ3n) is 3.38. The summed E-state index contributed by atoms with van der Waals surface area (Å²) in [4.78, 5) is 13.0. The second-order valence-corrected chi connectivity index (χ2v) is 4.80. The summed E-state index contributed by atoms with van der Waals surface area (Å²) in [6.07, 6.45) is 0.724. The van der Waals surface area contributed by atoms with Crippen molar-refractivity contribution in [1.82, 2.24) is 0 Å². The molecule has 1 aliphatic rings. The summed E-state index contributed by atoms with van der Waals surface area (Å²) in [7, 11) is 0. The third-order valence-corrected chi connectivity index (χ3v) is 3.38. The first-order chi connectivity index (χ1) is 8.65. The van der Waals surface area contributed by atoms with E-state index < -0.39 is 0 Å². The van der Waals surface area contributed by atoms with E-state index in [1.54, 1.807) is 0 Å². The topological polar surface area (TPSA) is 49.8 Å². The average Bonchev–Trinajstić information content (AvgIpc) is 2.39. The van der Waals surface area contributed by atoms with Crippen LogP contribution in [0.1, 0.15) is 22.8 Å². The van der Waals surface area contributed by atoms with Gasteiger partial charge >= 0.3 is 0 Å². The molecule has 0 aliphatic carbocycles. The van der Waals surface area contributed by atoms with Crippen LogP contribution < -0.4 is 4.90 Å². The molecule has 1 aromatic carbocycles. The highest BCUT2D eigenvalue weighted by molar-refractivity contribution is 5.77. The molecule has 1 saturated heterocycles. The van der Waals surface area contributed by atoms with Crippen LogP contribution in [0.4, 0.5) is 5.69 Å². The van der Waals surface area contributed by atoms with Crippen molar-refractivity contribution in [2.24, 2.45) is 0 Å². The first kappa shape index (κ1) is 13.1. The zero-order chi connectivity index (χ0) is 13.1. The van der Waals surface area contributed by atoms with Gasteiger partial charge in [-0.15, -0.1) is 0 Å². The van der Waals surface area contributed by atoms with Crippen LogP contribution in [0.25, 0.3) is 0 Å². The van der Waals surface area contributed by atoms with Gasteiger partial charge < -0.3 is 14.7 Å². The number of carbonyl (C=O) groups excluding carboxylic acids is 1. The van der Waals surface area contributed by atoms with E-state index in [2.05, 4.69) is 11.8 Å². The molecule has 0 spiro atoms. The summed E-state index contributed by atoms with van der Waals surface area (Å²) in [5.74, 6) is 0. The first-order valence-corrected chi connectivity index (χ1v) is 6.20. The SMILES string of the molecule is Cc1cc(C=O)ccc1N1CC(CO)OCC1C. The number of ether oxygens (including phenoxy) is 1. The van der Waals surface area contributed by atoms with Crippen LogP contribution in [0, 0.1) is 6.92 Å². The summed E-state index contributed by atoms with van der Waals surface area (Å²) in [5.41, 5.74) is 2.87. The summed E-state index contributed by atoms with van der Waals surface area (Å²) in [6, 6.07) is 5.95. The number of aryl methyl sites for hydroxylation is 1. The van der Waals surface area contributed by atoms with Crippen LogP contribution in [0.2, 0.25) is 0 Å². The molecule has 4 nitrogen and oxygen atoms in total. The summed E-state index contributed by atoms with van der Waals surface area (Å²) >= 11 is 0. The molecule has 0 bridgehead atoms. The Labute approximate surface area is 107 Å². The minimum Gasteiger partial charge on any atom is -0.394 e. The molecule has 18 heavy (non-hydrogen) atoms. The molecule has 1 N–H and O–H groups in total. The van der Waals surface area contributed by atoms with Gasteiger partial charge in [0, 0.05) is 23.8 Å². The molecule has 4 heteroatoms. The molecule has 98 valence electrons. The maximum atomic E-state index is 10.7. The minimum absolute atomic E-state index is 0.0364. The second-order valence-electron chi connectivity index (χ2n) is 4.80. The van der Waals surface area contributed by atoms with E-state index in [9.17, 15) is 9.90 Å². The molecule has 2 unspecified atom stereocenters. The second kappa shape index (κ2) is 5.50. The van der Waals surface area contributed by atoms with Crippen molar-refractivity contribution in [3.63, 3.8) is 0 Å². The van der Waals surface area contributed by atoms with Crippen LogP contribution in [0.3, 0.4) is 0 Å². The van der Waals surface area contributed by atoms with Gasteiger partial charge in [-0.1, -0.05) is 0 Å². The van der Waals surface area contributed by atoms with E-state index in [1.807, 2.05) is 25.1 Å². The molecular weight excluding hydrogens is 230 g/mol. The van der Waals surface area contributed by atoms with E-state index in [-0.39, 0.29) is 18.8 Å². The number of aldehydes is 1. The molecule has 0 amide bonds. The molecule has 1 aliphatic heterocycles. The molecule has 2 rings (SSSR count). The number of hydrogen-bond acceptors (Lipinski definition) is 4. The number of morpholine rings is 1. The number of nitrogens with zero attached hydrogens (tertiary/aromatic N) is 1. The van der Waals surface area contributed by atoms with Gasteiger partial charge in [-0.2, -0.15) is 0 Å². The summed E-state index contributed by atoms with van der Waals surface area (Å²) in [6.45, 7) is 5.42. The normalized spacial score (nSPS) is 24.1. The number of aliphatic hydroxyl groups is 1. The number of aliphatic hydroxyl groups excluding tert-OH is 1. The third kappa shape index (κ3) is 2.54. The van der Waals surface area contributed by atoms with E-state index in [1.165, 1.54) is 0 Å². The van der Waals surface area contributed by atoms with Crippen molar-refractivity contribution in [2.75, 3.05) is 24.7 Å². The van der Waals surface area contributed by atoms with Gasteiger partial charge in [0.05, 0.1) is 19.3 Å². The fraction of sp³-hybridized carbons (Fsp3) is 0.500. The van der Waals surface area contributed by atoms with E-state index in [0.717, 1.165) is 17.5 Å². The van der Waals surface area contributed by atoms with Gasteiger partial charge in [0.2, 0.25) is 0 Å². The van der Waals surface area contributed by atoms with Crippen molar-refractivity contribution in [2.45, 2.75) is 26.0 Å². The van der Waals surface area contributed by atoms with E-state index >= 15 is 0 Å². The largest absolute Gasteiger partial charge is 0.394 e. The Hall–Kier alpha value is -1.39. The molecule has 0 saturated carbocycles. The lowest BCUT2D eigenvalue weighted by atomic mass is 10.1. The quantitative estimate of drug-likeness (QED) is 0.823. The molecule has 0 radical (unpaired) electrons. The fourth-order valence-electron chi connectivity index (χ4n) is 2.34. The average molecular weight is 249 g/mol. The van der Waals surface area contributed by atoms with Gasteiger partial charge in [-0.3, -0.25) is 4.79 Å². The molecular formula is C14H19NO3. The van der Waals surface area contributed by atoms with Crippen molar-refractivity contribution < 1.29 is 14.6 Å². The van der Waals surface area contributed by atoms with E-state index in [0.29, 0.717) is 18.7 Å². The zero-order valence-electron chi connectivity index (χ0n) is 10.8. The standard InChI is InChI=1S/C14H19NO3/c1-10-5-12(7-16)3-4-14(10)15-6-13(8-17)18-9-11(15)2/h3-5,7,11,13,17H,6,8-9H2,1-2H3. The Balaban J connectivity index is 2.26. The molecule has 1 heterocycles. The Morgan fingerprint density at radius 1 is 1.56 bits per heavy atom. The number of rotatable bonds is 3. The Morgan fingerprint density at radius 2 is 2.33 bits per heavy atom. The summed E-state index contributed by atoms with van der Waals surface area (Å²) in [5, 5.41) is 9.20. The highest BCUT2D eigenvalue weighted by Crippen LogP contribution is 2.25. The lowest BCUT2D eigenvalue weighted by Gasteiger charge is -2.39. The van der Waals surface area contributed by atoms with Gasteiger partial charge in [0.25, 0.3) is 0 Å². The summed E-state index contributed by atoms with van der Waals surface area (Å²) < 4.78 is 5.53. The van der Waals surface area contributed by atoms with Crippen LogP contribution in [0.15, 0.2) is 18.2 Å². The van der Waals surface area contributed by atoms with Crippen molar-refractivity contribution in [3.05, 3.63) is 29.3 Å². The lowest BCUT2D eigenvalue weighted by molar-refractivity contribution is -0.0103. The smallest absolute Gasteiger partial charge is 0.150 e. The van der Waals surface area contributed by atoms with Crippen molar-refractivity contribution in [3.8, 4) is 0 Å². The lowest BCUT2D eigenvalue weighted by Crippen LogP contribution is -2.49. The molecule has 0 aromatic heterocycles. The van der Waals surface area contributed by atoms with Gasteiger partial charge in [-0.25, -0.2) is 0 Å². The Kier molecular flexibility index (Phi) is 3.99. The first-order valence-electron chi connectivity index (χ1n) is 6.20. The predicted octanol–water partition coefficient (Wildman–Crippen LogP) is 1.39. The van der Waals surface area contributed by atoms with Crippen LogP contribution in [0.5, 0.6) is 0 Å². The molecule has 1 aromatic rings. The zero-order valence-corrected chi connectivity index (χ0v) is 10.8. The highest BCUT2D eigenvalue weighted by Gasteiger charge is 2.26. The fourth-order valence-corrected chi connectivity index (χ4v) is 2.34. The number of benzene rings is 1. The van der Waals surface area contributed by atoms with Crippen LogP contribution >= 0.6 is 0 Å². The van der Waals surface area contributed by atoms with Crippen molar-refractivity contribution in [1.29, 1.82) is 0 Å². The van der Waals surface area contributed by atoms with Gasteiger partial charge in [0.15, 0.2) is 0 Å². The Morgan fingerprint density at radius 3 is 2.94 bits per heavy atom. The van der Waals surface area contributed by atoms with Crippen LogP contribution in [-0.4, -0.2) is 43.3 Å². The monoisotopic (exact) mass is 249 g/mol. The van der Waals surface area contributed by atoms with Crippen LogP contribution in [-0.2, 0) is 4.74 Å².